The minimum atomic E-state index is -1.46. The fourth-order valence-corrected chi connectivity index (χ4v) is 2.36. The molecule has 100 valence electrons. The molecule has 0 spiro atoms. The number of carboxylic acid groups (broad SMARTS) is 1. The summed E-state index contributed by atoms with van der Waals surface area (Å²) in [6, 6.07) is 5.15. The van der Waals surface area contributed by atoms with Crippen LogP contribution in [-0.2, 0) is 21.3 Å². The van der Waals surface area contributed by atoms with Gasteiger partial charge in [-0.2, -0.15) is 0 Å². The van der Waals surface area contributed by atoms with E-state index in [2.05, 4.69) is 0 Å². The smallest absolute Gasteiger partial charge is 0.318 e. The van der Waals surface area contributed by atoms with Crippen molar-refractivity contribution < 1.29 is 23.6 Å². The van der Waals surface area contributed by atoms with E-state index in [1.54, 1.807) is 18.2 Å². The lowest BCUT2D eigenvalue weighted by molar-refractivity contribution is -0.136. The van der Waals surface area contributed by atoms with E-state index < -0.39 is 22.0 Å². The lowest BCUT2D eigenvalue weighted by Gasteiger charge is -2.10. The summed E-state index contributed by atoms with van der Waals surface area (Å²) < 4.78 is 22.0. The maximum atomic E-state index is 11.8. The van der Waals surface area contributed by atoms with Crippen LogP contribution in [0, 0.1) is 0 Å². The average Bonchev–Trinajstić information content (AvgIpc) is 2.37. The van der Waals surface area contributed by atoms with Crippen LogP contribution in [0.1, 0.15) is 12.5 Å². The number of aliphatic carboxylic acids is 1. The van der Waals surface area contributed by atoms with E-state index in [-0.39, 0.29) is 5.75 Å². The molecule has 0 amide bonds. The highest BCUT2D eigenvalue weighted by Gasteiger charge is 2.19. The first-order chi connectivity index (χ1) is 8.49. The first-order valence-electron chi connectivity index (χ1n) is 5.30. The number of rotatable bonds is 6. The zero-order valence-corrected chi connectivity index (χ0v) is 11.3. The van der Waals surface area contributed by atoms with Crippen molar-refractivity contribution in [2.75, 3.05) is 14.2 Å². The molecule has 1 aromatic carbocycles. The Morgan fingerprint density at radius 3 is 2.44 bits per heavy atom. The van der Waals surface area contributed by atoms with Crippen LogP contribution in [0.5, 0.6) is 11.5 Å². The average molecular weight is 272 g/mol. The summed E-state index contributed by atoms with van der Waals surface area (Å²) >= 11 is 0. The highest BCUT2D eigenvalue weighted by Crippen LogP contribution is 2.28. The van der Waals surface area contributed by atoms with Gasteiger partial charge in [-0.1, -0.05) is 6.07 Å². The summed E-state index contributed by atoms with van der Waals surface area (Å²) in [7, 11) is 1.58. The van der Waals surface area contributed by atoms with Crippen molar-refractivity contribution in [1.82, 2.24) is 0 Å². The van der Waals surface area contributed by atoms with Gasteiger partial charge in [-0.25, -0.2) is 0 Å². The third-order valence-corrected chi connectivity index (χ3v) is 4.11. The Kier molecular flexibility index (Phi) is 5.15. The molecule has 0 bridgehead atoms. The van der Waals surface area contributed by atoms with Crippen LogP contribution in [0.3, 0.4) is 0 Å². The van der Waals surface area contributed by atoms with E-state index in [1.165, 1.54) is 21.1 Å². The van der Waals surface area contributed by atoms with Crippen molar-refractivity contribution in [2.24, 2.45) is 0 Å². The van der Waals surface area contributed by atoms with Gasteiger partial charge in [0.15, 0.2) is 11.5 Å². The second kappa shape index (κ2) is 6.39. The fourth-order valence-electron chi connectivity index (χ4n) is 1.37. The second-order valence-corrected chi connectivity index (χ2v) is 5.45. The minimum Gasteiger partial charge on any atom is -0.493 e. The quantitative estimate of drug-likeness (QED) is 0.848. The largest absolute Gasteiger partial charge is 0.493 e. The molecule has 2 unspecified atom stereocenters. The molecule has 0 aliphatic rings. The third kappa shape index (κ3) is 3.46. The van der Waals surface area contributed by atoms with E-state index in [1.807, 2.05) is 0 Å². The Bertz CT molecular complexity index is 458. The molecule has 6 heteroatoms. The van der Waals surface area contributed by atoms with Crippen molar-refractivity contribution in [2.45, 2.75) is 17.9 Å². The number of ether oxygens (including phenoxy) is 2. The maximum absolute atomic E-state index is 11.8. The summed E-state index contributed by atoms with van der Waals surface area (Å²) in [6.45, 7) is 1.43. The number of carbonyl (C=O) groups is 1. The second-order valence-electron chi connectivity index (χ2n) is 3.69. The molecule has 1 aromatic rings. The van der Waals surface area contributed by atoms with Crippen LogP contribution in [0.15, 0.2) is 18.2 Å². The molecular weight excluding hydrogens is 256 g/mol. The number of hydrogen-bond donors (Lipinski definition) is 1. The molecule has 2 atom stereocenters. The molecule has 0 aliphatic heterocycles. The molecule has 18 heavy (non-hydrogen) atoms. The number of benzene rings is 1. The van der Waals surface area contributed by atoms with Crippen molar-refractivity contribution in [3.63, 3.8) is 0 Å². The molecule has 0 aromatic heterocycles. The molecule has 0 aliphatic carbocycles. The zero-order chi connectivity index (χ0) is 13.7. The topological polar surface area (TPSA) is 72.8 Å². The van der Waals surface area contributed by atoms with Gasteiger partial charge in [-0.3, -0.25) is 9.00 Å². The van der Waals surface area contributed by atoms with Gasteiger partial charge >= 0.3 is 5.97 Å². The fraction of sp³-hybridized carbons (Fsp3) is 0.417. The molecule has 0 fully saturated rings. The van der Waals surface area contributed by atoms with Crippen molar-refractivity contribution in [3.05, 3.63) is 23.8 Å². The summed E-state index contributed by atoms with van der Waals surface area (Å²) in [4.78, 5) is 10.7. The summed E-state index contributed by atoms with van der Waals surface area (Å²) in [6.07, 6.45) is 0. The maximum Gasteiger partial charge on any atom is 0.318 e. The predicted octanol–water partition coefficient (Wildman–Crippen LogP) is 1.43. The van der Waals surface area contributed by atoms with Gasteiger partial charge in [0.05, 0.1) is 14.2 Å². The van der Waals surface area contributed by atoms with E-state index in [4.69, 9.17) is 14.6 Å². The van der Waals surface area contributed by atoms with Gasteiger partial charge in [0.1, 0.15) is 5.25 Å². The predicted molar refractivity (Wildman–Crippen MR) is 68.5 cm³/mol. The zero-order valence-electron chi connectivity index (χ0n) is 10.5. The lowest BCUT2D eigenvalue weighted by Crippen LogP contribution is -2.22. The van der Waals surface area contributed by atoms with Crippen LogP contribution in [0.2, 0.25) is 0 Å². The van der Waals surface area contributed by atoms with Gasteiger partial charge in [0.25, 0.3) is 0 Å². The van der Waals surface area contributed by atoms with Crippen LogP contribution in [0.25, 0.3) is 0 Å². The van der Waals surface area contributed by atoms with Crippen LogP contribution < -0.4 is 9.47 Å². The van der Waals surface area contributed by atoms with Gasteiger partial charge in [-0.15, -0.1) is 0 Å². The van der Waals surface area contributed by atoms with E-state index >= 15 is 0 Å². The third-order valence-electron chi connectivity index (χ3n) is 2.50. The monoisotopic (exact) mass is 272 g/mol. The molecule has 1 N–H and O–H groups in total. The first-order valence-corrected chi connectivity index (χ1v) is 6.68. The number of methoxy groups -OCH3 is 2. The van der Waals surface area contributed by atoms with Gasteiger partial charge in [0, 0.05) is 16.6 Å². The SMILES string of the molecule is COc1ccc(CS(=O)C(C)C(=O)O)cc1OC. The van der Waals surface area contributed by atoms with Crippen LogP contribution >= 0.6 is 0 Å². The van der Waals surface area contributed by atoms with E-state index in [9.17, 15) is 9.00 Å². The first kappa shape index (κ1) is 14.5. The van der Waals surface area contributed by atoms with Crippen molar-refractivity contribution >= 4 is 16.8 Å². The molecule has 0 saturated heterocycles. The molecule has 5 nitrogen and oxygen atoms in total. The van der Waals surface area contributed by atoms with Gasteiger partial charge in [0.2, 0.25) is 0 Å². The standard InChI is InChI=1S/C12H16O5S/c1-8(12(13)14)18(15)7-9-4-5-10(16-2)11(6-9)17-3/h4-6,8H,7H2,1-3H3,(H,13,14). The summed E-state index contributed by atoms with van der Waals surface area (Å²) in [5.74, 6) is 0.232. The lowest BCUT2D eigenvalue weighted by atomic mass is 10.2. The minimum absolute atomic E-state index is 0.174. The highest BCUT2D eigenvalue weighted by atomic mass is 32.2. The molecule has 0 radical (unpaired) electrons. The van der Waals surface area contributed by atoms with Crippen molar-refractivity contribution in [1.29, 1.82) is 0 Å². The summed E-state index contributed by atoms with van der Waals surface area (Å²) in [5.41, 5.74) is 0.749. The number of carboxylic acids is 1. The molecule has 0 heterocycles. The Balaban J connectivity index is 2.86. The Hall–Kier alpha value is -1.56. The Labute approximate surface area is 108 Å². The van der Waals surface area contributed by atoms with Crippen LogP contribution in [0.4, 0.5) is 0 Å². The Morgan fingerprint density at radius 1 is 1.33 bits per heavy atom. The highest BCUT2D eigenvalue weighted by molar-refractivity contribution is 7.85. The van der Waals surface area contributed by atoms with Crippen LogP contribution in [-0.4, -0.2) is 34.8 Å². The van der Waals surface area contributed by atoms with Gasteiger partial charge < -0.3 is 14.6 Å². The van der Waals surface area contributed by atoms with E-state index in [0.717, 1.165) is 5.56 Å². The summed E-state index contributed by atoms with van der Waals surface area (Å²) in [5, 5.41) is 7.88. The number of hydrogen-bond acceptors (Lipinski definition) is 4. The molecular formula is C12H16O5S. The normalized spacial score (nSPS) is 13.7. The van der Waals surface area contributed by atoms with Gasteiger partial charge in [-0.05, 0) is 24.6 Å². The Morgan fingerprint density at radius 2 is 1.94 bits per heavy atom. The molecule has 0 saturated carbocycles. The van der Waals surface area contributed by atoms with Crippen molar-refractivity contribution in [3.8, 4) is 11.5 Å². The van der Waals surface area contributed by atoms with E-state index in [0.29, 0.717) is 11.5 Å². The molecule has 1 rings (SSSR count).